The highest BCUT2D eigenvalue weighted by Gasteiger charge is 2.22. The van der Waals surface area contributed by atoms with E-state index in [0.29, 0.717) is 24.0 Å². The lowest BCUT2D eigenvalue weighted by molar-refractivity contribution is 0.171. The Bertz CT molecular complexity index is 654. The number of benzene rings is 1. The molecule has 1 aliphatic heterocycles. The number of fused-ring (bicyclic) bond motifs is 1. The van der Waals surface area contributed by atoms with Crippen LogP contribution < -0.4 is 14.8 Å². The summed E-state index contributed by atoms with van der Waals surface area (Å²) < 4.78 is 12.4. The molecule has 1 atom stereocenters. The minimum Gasteiger partial charge on any atom is -0.486 e. The Hall–Kier alpha value is -0.750. The summed E-state index contributed by atoms with van der Waals surface area (Å²) in [6.45, 7) is 3.22. The molecule has 0 amide bonds. The lowest BCUT2D eigenvalue weighted by atomic mass is 10.0. The Kier molecular flexibility index (Phi) is 4.45. The van der Waals surface area contributed by atoms with Crippen molar-refractivity contribution in [1.82, 2.24) is 5.32 Å². The van der Waals surface area contributed by atoms with Crippen molar-refractivity contribution in [2.75, 3.05) is 20.3 Å². The fourth-order valence-corrected chi connectivity index (χ4v) is 4.34. The van der Waals surface area contributed by atoms with E-state index in [1.807, 2.05) is 19.2 Å². The summed E-state index contributed by atoms with van der Waals surface area (Å²) in [5.41, 5.74) is 2.22. The van der Waals surface area contributed by atoms with Gasteiger partial charge in [-0.3, -0.25) is 0 Å². The van der Waals surface area contributed by atoms with E-state index >= 15 is 0 Å². The molecule has 2 heterocycles. The van der Waals surface area contributed by atoms with Crippen molar-refractivity contribution in [3.05, 3.63) is 43.0 Å². The SMILES string of the molecule is CNC(c1cc(C)c(Br)s1)c1cc2c(cc1Cl)OCCO2. The van der Waals surface area contributed by atoms with Crippen LogP contribution >= 0.6 is 38.9 Å². The lowest BCUT2D eigenvalue weighted by Gasteiger charge is -2.22. The molecular formula is C15H15BrClNO2S. The number of aryl methyl sites for hydroxylation is 1. The van der Waals surface area contributed by atoms with Crippen LogP contribution in [0.15, 0.2) is 22.0 Å². The molecular weight excluding hydrogens is 374 g/mol. The van der Waals surface area contributed by atoms with Gasteiger partial charge in [0.1, 0.15) is 13.2 Å². The highest BCUT2D eigenvalue weighted by Crippen LogP contribution is 2.41. The predicted molar refractivity (Wildman–Crippen MR) is 90.1 cm³/mol. The van der Waals surface area contributed by atoms with Gasteiger partial charge in [-0.1, -0.05) is 11.6 Å². The first-order valence-electron chi connectivity index (χ1n) is 6.62. The summed E-state index contributed by atoms with van der Waals surface area (Å²) in [5, 5.41) is 4.01. The molecule has 112 valence electrons. The van der Waals surface area contributed by atoms with Crippen LogP contribution in [0.1, 0.15) is 22.0 Å². The van der Waals surface area contributed by atoms with Crippen LogP contribution in [0, 0.1) is 6.92 Å². The van der Waals surface area contributed by atoms with Crippen LogP contribution in [0.3, 0.4) is 0 Å². The number of ether oxygens (including phenoxy) is 2. The maximum atomic E-state index is 6.45. The Balaban J connectivity index is 2.04. The average Bonchev–Trinajstić information content (AvgIpc) is 2.80. The molecule has 3 rings (SSSR count). The predicted octanol–water partition coefficient (Wildman–Crippen LogP) is 4.55. The zero-order valence-electron chi connectivity index (χ0n) is 11.7. The van der Waals surface area contributed by atoms with E-state index in [9.17, 15) is 0 Å². The molecule has 21 heavy (non-hydrogen) atoms. The van der Waals surface area contributed by atoms with Crippen molar-refractivity contribution < 1.29 is 9.47 Å². The minimum atomic E-state index is 0.0309. The van der Waals surface area contributed by atoms with E-state index in [4.69, 9.17) is 21.1 Å². The molecule has 1 aliphatic rings. The molecule has 0 spiro atoms. The first-order valence-corrected chi connectivity index (χ1v) is 8.61. The van der Waals surface area contributed by atoms with Gasteiger partial charge in [-0.15, -0.1) is 11.3 Å². The fourth-order valence-electron chi connectivity index (χ4n) is 2.38. The molecule has 0 bridgehead atoms. The van der Waals surface area contributed by atoms with E-state index in [-0.39, 0.29) is 6.04 Å². The van der Waals surface area contributed by atoms with Gasteiger partial charge < -0.3 is 14.8 Å². The van der Waals surface area contributed by atoms with E-state index in [1.165, 1.54) is 10.4 Å². The van der Waals surface area contributed by atoms with Crippen LogP contribution in [-0.2, 0) is 0 Å². The second-order valence-corrected chi connectivity index (χ2v) is 7.65. The summed E-state index contributed by atoms with van der Waals surface area (Å²) in [7, 11) is 1.93. The van der Waals surface area contributed by atoms with Gasteiger partial charge in [-0.2, -0.15) is 0 Å². The molecule has 0 saturated carbocycles. The smallest absolute Gasteiger partial charge is 0.162 e. The van der Waals surface area contributed by atoms with Crippen molar-refractivity contribution in [1.29, 1.82) is 0 Å². The minimum absolute atomic E-state index is 0.0309. The van der Waals surface area contributed by atoms with Gasteiger partial charge in [0.25, 0.3) is 0 Å². The fraction of sp³-hybridized carbons (Fsp3) is 0.333. The second-order valence-electron chi connectivity index (χ2n) is 4.84. The maximum Gasteiger partial charge on any atom is 0.162 e. The van der Waals surface area contributed by atoms with Gasteiger partial charge >= 0.3 is 0 Å². The summed E-state index contributed by atoms with van der Waals surface area (Å²) >= 11 is 11.7. The molecule has 1 N–H and O–H groups in total. The third-order valence-corrected chi connectivity index (χ3v) is 5.95. The molecule has 1 unspecified atom stereocenters. The standard InChI is InChI=1S/C15H15BrClNO2S/c1-8-5-13(21-15(8)16)14(18-2)9-6-11-12(7-10(9)17)20-4-3-19-11/h5-7,14,18H,3-4H2,1-2H3. The van der Waals surface area contributed by atoms with Crippen molar-refractivity contribution >= 4 is 38.9 Å². The molecule has 2 aromatic rings. The molecule has 0 radical (unpaired) electrons. The monoisotopic (exact) mass is 387 g/mol. The topological polar surface area (TPSA) is 30.5 Å². The molecule has 1 aromatic carbocycles. The zero-order valence-corrected chi connectivity index (χ0v) is 14.9. The number of nitrogens with one attached hydrogen (secondary N) is 1. The first kappa shape index (κ1) is 15.2. The first-order chi connectivity index (χ1) is 10.1. The van der Waals surface area contributed by atoms with Crippen LogP contribution in [0.2, 0.25) is 5.02 Å². The Labute approximate surface area is 141 Å². The van der Waals surface area contributed by atoms with E-state index in [2.05, 4.69) is 34.2 Å². The third-order valence-electron chi connectivity index (χ3n) is 3.42. The number of thiophene rings is 1. The van der Waals surface area contributed by atoms with Gasteiger partial charge in [0.05, 0.1) is 9.83 Å². The molecule has 6 heteroatoms. The van der Waals surface area contributed by atoms with Gasteiger partial charge in [-0.05, 0) is 53.2 Å². The van der Waals surface area contributed by atoms with Crippen molar-refractivity contribution in [3.8, 4) is 11.5 Å². The van der Waals surface area contributed by atoms with E-state index < -0.39 is 0 Å². The van der Waals surface area contributed by atoms with E-state index in [0.717, 1.165) is 15.1 Å². The molecule has 3 nitrogen and oxygen atoms in total. The third kappa shape index (κ3) is 2.93. The van der Waals surface area contributed by atoms with Crippen LogP contribution in [-0.4, -0.2) is 20.3 Å². The van der Waals surface area contributed by atoms with Crippen molar-refractivity contribution in [2.45, 2.75) is 13.0 Å². The highest BCUT2D eigenvalue weighted by atomic mass is 79.9. The maximum absolute atomic E-state index is 6.45. The normalized spacial score (nSPS) is 15.0. The van der Waals surface area contributed by atoms with E-state index in [1.54, 1.807) is 11.3 Å². The van der Waals surface area contributed by atoms with Crippen LogP contribution in [0.25, 0.3) is 0 Å². The summed E-state index contributed by atoms with van der Waals surface area (Å²) in [4.78, 5) is 1.21. The van der Waals surface area contributed by atoms with Crippen molar-refractivity contribution in [3.63, 3.8) is 0 Å². The zero-order chi connectivity index (χ0) is 15.0. The summed E-state index contributed by atoms with van der Waals surface area (Å²) in [5.74, 6) is 1.47. The average molecular weight is 389 g/mol. The number of rotatable bonds is 3. The lowest BCUT2D eigenvalue weighted by Crippen LogP contribution is -2.19. The number of hydrogen-bond acceptors (Lipinski definition) is 4. The largest absolute Gasteiger partial charge is 0.486 e. The van der Waals surface area contributed by atoms with Gasteiger partial charge in [-0.25, -0.2) is 0 Å². The Morgan fingerprint density at radius 2 is 1.90 bits per heavy atom. The highest BCUT2D eigenvalue weighted by molar-refractivity contribution is 9.11. The Morgan fingerprint density at radius 1 is 1.24 bits per heavy atom. The number of halogens is 2. The quantitative estimate of drug-likeness (QED) is 0.836. The van der Waals surface area contributed by atoms with Gasteiger partial charge in [0.2, 0.25) is 0 Å². The summed E-state index contributed by atoms with van der Waals surface area (Å²) in [6.07, 6.45) is 0. The molecule has 0 saturated heterocycles. The summed E-state index contributed by atoms with van der Waals surface area (Å²) in [6, 6.07) is 6.01. The van der Waals surface area contributed by atoms with Crippen LogP contribution in [0.4, 0.5) is 0 Å². The van der Waals surface area contributed by atoms with Gasteiger partial charge in [0, 0.05) is 16.0 Å². The van der Waals surface area contributed by atoms with Crippen molar-refractivity contribution in [2.24, 2.45) is 0 Å². The molecule has 0 fully saturated rings. The van der Waals surface area contributed by atoms with Gasteiger partial charge in [0.15, 0.2) is 11.5 Å². The van der Waals surface area contributed by atoms with Crippen LogP contribution in [0.5, 0.6) is 11.5 Å². The molecule has 0 aliphatic carbocycles. The Morgan fingerprint density at radius 3 is 2.48 bits per heavy atom. The number of hydrogen-bond donors (Lipinski definition) is 1. The molecule has 1 aromatic heterocycles. The second kappa shape index (κ2) is 6.16.